The molecule has 1 fully saturated rings. The first-order valence-electron chi connectivity index (χ1n) is 7.68. The molecule has 122 valence electrons. The second-order valence-electron chi connectivity index (χ2n) is 6.43. The number of hydrogen-bond donors (Lipinski definition) is 2. The van der Waals surface area contributed by atoms with Gasteiger partial charge in [-0.2, -0.15) is 0 Å². The maximum absolute atomic E-state index is 12.5. The maximum atomic E-state index is 12.5. The molecule has 0 aromatic carbocycles. The molecule has 2 unspecified atom stereocenters. The fourth-order valence-corrected chi connectivity index (χ4v) is 4.18. The average Bonchev–Trinajstić information content (AvgIpc) is 2.80. The first kappa shape index (κ1) is 18.3. The number of nitrogens with two attached hydrogens (primary N) is 1. The third-order valence-electron chi connectivity index (χ3n) is 4.04. The van der Waals surface area contributed by atoms with Crippen molar-refractivity contribution in [1.82, 2.24) is 4.90 Å². The fraction of sp³-hybridized carbons (Fsp3) is 0.867. The average molecular weight is 316 g/mol. The fourth-order valence-electron chi connectivity index (χ4n) is 2.65. The molecule has 0 aromatic heterocycles. The number of amides is 1. The van der Waals surface area contributed by atoms with Gasteiger partial charge in [-0.25, -0.2) is 4.79 Å². The summed E-state index contributed by atoms with van der Waals surface area (Å²) < 4.78 is 0. The van der Waals surface area contributed by atoms with E-state index in [-0.39, 0.29) is 16.7 Å². The molecule has 1 rings (SSSR count). The van der Waals surface area contributed by atoms with Crippen LogP contribution >= 0.6 is 11.8 Å². The van der Waals surface area contributed by atoms with Gasteiger partial charge >= 0.3 is 5.97 Å². The van der Waals surface area contributed by atoms with E-state index in [2.05, 4.69) is 20.8 Å². The van der Waals surface area contributed by atoms with Crippen molar-refractivity contribution in [3.8, 4) is 0 Å². The van der Waals surface area contributed by atoms with Gasteiger partial charge in [0.15, 0.2) is 0 Å². The Balaban J connectivity index is 2.68. The summed E-state index contributed by atoms with van der Waals surface area (Å²) in [5.41, 5.74) is 5.61. The van der Waals surface area contributed by atoms with Crippen LogP contribution in [0.5, 0.6) is 0 Å². The Morgan fingerprint density at radius 3 is 2.57 bits per heavy atom. The third-order valence-corrected chi connectivity index (χ3v) is 5.39. The molecule has 1 aliphatic heterocycles. The molecular weight excluding hydrogens is 288 g/mol. The van der Waals surface area contributed by atoms with Crippen molar-refractivity contribution < 1.29 is 14.7 Å². The molecule has 3 N–H and O–H groups in total. The number of carboxylic acid groups (broad SMARTS) is 1. The van der Waals surface area contributed by atoms with Crippen LogP contribution in [-0.4, -0.2) is 45.6 Å². The molecule has 2 atom stereocenters. The standard InChI is InChI=1S/C15H28N2O3S/c1-4-5-13-17(11(10-21-13)14(19)20)12(18)6-7-15(2,3)8-9-16/h11,13H,4-10,16H2,1-3H3,(H,19,20). The van der Waals surface area contributed by atoms with Crippen LogP contribution < -0.4 is 5.73 Å². The number of rotatable bonds is 8. The van der Waals surface area contributed by atoms with Crippen LogP contribution in [0, 0.1) is 5.41 Å². The van der Waals surface area contributed by atoms with Gasteiger partial charge in [0.2, 0.25) is 5.91 Å². The highest BCUT2D eigenvalue weighted by molar-refractivity contribution is 8.00. The second-order valence-corrected chi connectivity index (χ2v) is 7.65. The van der Waals surface area contributed by atoms with E-state index in [1.54, 1.807) is 16.7 Å². The molecule has 6 heteroatoms. The number of aliphatic carboxylic acids is 1. The minimum atomic E-state index is -0.893. The topological polar surface area (TPSA) is 83.6 Å². The monoisotopic (exact) mass is 316 g/mol. The van der Waals surface area contributed by atoms with Gasteiger partial charge in [-0.1, -0.05) is 27.2 Å². The van der Waals surface area contributed by atoms with Crippen molar-refractivity contribution in [2.75, 3.05) is 12.3 Å². The van der Waals surface area contributed by atoms with E-state index in [4.69, 9.17) is 5.73 Å². The van der Waals surface area contributed by atoms with Crippen LogP contribution in [0.2, 0.25) is 0 Å². The van der Waals surface area contributed by atoms with Crippen molar-refractivity contribution >= 4 is 23.6 Å². The molecule has 0 radical (unpaired) electrons. The summed E-state index contributed by atoms with van der Waals surface area (Å²) in [6.07, 6.45) is 3.82. The number of thioether (sulfide) groups is 1. The van der Waals surface area contributed by atoms with Gasteiger partial charge in [-0.05, 0) is 31.2 Å². The van der Waals surface area contributed by atoms with Crippen LogP contribution in [0.4, 0.5) is 0 Å². The van der Waals surface area contributed by atoms with E-state index in [0.717, 1.165) is 25.7 Å². The first-order valence-corrected chi connectivity index (χ1v) is 8.73. The summed E-state index contributed by atoms with van der Waals surface area (Å²) in [6, 6.07) is -0.670. The number of hydrogen-bond acceptors (Lipinski definition) is 4. The van der Waals surface area contributed by atoms with E-state index in [1.807, 2.05) is 0 Å². The number of carboxylic acids is 1. The molecule has 0 aliphatic carbocycles. The van der Waals surface area contributed by atoms with E-state index >= 15 is 0 Å². The number of nitrogens with zero attached hydrogens (tertiary/aromatic N) is 1. The predicted molar refractivity (Wildman–Crippen MR) is 86.1 cm³/mol. The zero-order chi connectivity index (χ0) is 16.0. The summed E-state index contributed by atoms with van der Waals surface area (Å²) >= 11 is 1.59. The molecule has 1 amide bonds. The number of carbonyl (C=O) groups excluding carboxylic acids is 1. The lowest BCUT2D eigenvalue weighted by atomic mass is 9.84. The van der Waals surface area contributed by atoms with Gasteiger partial charge in [0, 0.05) is 12.2 Å². The Morgan fingerprint density at radius 1 is 1.38 bits per heavy atom. The summed E-state index contributed by atoms with van der Waals surface area (Å²) in [6.45, 7) is 6.87. The Hall–Kier alpha value is -0.750. The van der Waals surface area contributed by atoms with Crippen LogP contribution in [0.15, 0.2) is 0 Å². The molecule has 0 spiro atoms. The lowest BCUT2D eigenvalue weighted by Crippen LogP contribution is -2.45. The lowest BCUT2D eigenvalue weighted by Gasteiger charge is -2.29. The molecular formula is C15H28N2O3S. The van der Waals surface area contributed by atoms with Crippen molar-refractivity contribution in [2.24, 2.45) is 11.1 Å². The van der Waals surface area contributed by atoms with Crippen molar-refractivity contribution in [2.45, 2.75) is 64.3 Å². The molecule has 0 bridgehead atoms. The van der Waals surface area contributed by atoms with Gasteiger partial charge in [0.25, 0.3) is 0 Å². The molecule has 0 saturated carbocycles. The Kier molecular flexibility index (Phi) is 7.00. The Bertz CT molecular complexity index is 374. The van der Waals surface area contributed by atoms with Crippen LogP contribution in [0.25, 0.3) is 0 Å². The summed E-state index contributed by atoms with van der Waals surface area (Å²) in [5, 5.41) is 9.32. The minimum Gasteiger partial charge on any atom is -0.480 e. The van der Waals surface area contributed by atoms with Gasteiger partial charge in [0.05, 0.1) is 5.37 Å². The molecule has 1 saturated heterocycles. The third kappa shape index (κ3) is 5.18. The second kappa shape index (κ2) is 8.03. The summed E-state index contributed by atoms with van der Waals surface area (Å²) in [4.78, 5) is 25.5. The van der Waals surface area contributed by atoms with E-state index in [0.29, 0.717) is 18.7 Å². The van der Waals surface area contributed by atoms with Gasteiger partial charge in [0.1, 0.15) is 6.04 Å². The smallest absolute Gasteiger partial charge is 0.327 e. The van der Waals surface area contributed by atoms with Crippen molar-refractivity contribution in [3.05, 3.63) is 0 Å². The zero-order valence-corrected chi connectivity index (χ0v) is 14.1. The SMILES string of the molecule is CCCC1SCC(C(=O)O)N1C(=O)CCC(C)(C)CCN. The van der Waals surface area contributed by atoms with Crippen molar-refractivity contribution in [3.63, 3.8) is 0 Å². The first-order chi connectivity index (χ1) is 9.82. The molecule has 0 aromatic rings. The van der Waals surface area contributed by atoms with Gasteiger partial charge in [-0.15, -0.1) is 11.8 Å². The predicted octanol–water partition coefficient (Wildman–Crippen LogP) is 2.30. The highest BCUT2D eigenvalue weighted by Gasteiger charge is 2.41. The maximum Gasteiger partial charge on any atom is 0.327 e. The molecule has 1 heterocycles. The minimum absolute atomic E-state index is 0.0150. The van der Waals surface area contributed by atoms with Gasteiger partial charge in [-0.3, -0.25) is 4.79 Å². The van der Waals surface area contributed by atoms with Crippen molar-refractivity contribution in [1.29, 1.82) is 0 Å². The Morgan fingerprint density at radius 2 is 2.05 bits per heavy atom. The quantitative estimate of drug-likeness (QED) is 0.718. The molecule has 1 aliphatic rings. The van der Waals surface area contributed by atoms with E-state index in [1.165, 1.54) is 0 Å². The van der Waals surface area contributed by atoms with E-state index in [9.17, 15) is 14.7 Å². The van der Waals surface area contributed by atoms with Crippen LogP contribution in [-0.2, 0) is 9.59 Å². The van der Waals surface area contributed by atoms with E-state index < -0.39 is 12.0 Å². The highest BCUT2D eigenvalue weighted by atomic mass is 32.2. The highest BCUT2D eigenvalue weighted by Crippen LogP contribution is 2.34. The lowest BCUT2D eigenvalue weighted by molar-refractivity contribution is -0.149. The van der Waals surface area contributed by atoms with Crippen LogP contribution in [0.1, 0.15) is 52.9 Å². The zero-order valence-electron chi connectivity index (χ0n) is 13.3. The summed E-state index contributed by atoms with van der Waals surface area (Å²) in [5.74, 6) is -0.426. The summed E-state index contributed by atoms with van der Waals surface area (Å²) in [7, 11) is 0. The van der Waals surface area contributed by atoms with Gasteiger partial charge < -0.3 is 15.7 Å². The molecule has 21 heavy (non-hydrogen) atoms. The number of carbonyl (C=O) groups is 2. The van der Waals surface area contributed by atoms with Crippen LogP contribution in [0.3, 0.4) is 0 Å². The normalized spacial score (nSPS) is 22.6. The molecule has 5 nitrogen and oxygen atoms in total. The Labute approximate surface area is 131 Å². The largest absolute Gasteiger partial charge is 0.480 e.